The molecule has 0 aromatic carbocycles. The van der Waals surface area contributed by atoms with Gasteiger partial charge in [-0.2, -0.15) is 0 Å². The summed E-state index contributed by atoms with van der Waals surface area (Å²) < 4.78 is 0. The Morgan fingerprint density at radius 1 is 1.17 bits per heavy atom. The summed E-state index contributed by atoms with van der Waals surface area (Å²) >= 11 is 0. The van der Waals surface area contributed by atoms with Gasteiger partial charge in [-0.1, -0.05) is 32.1 Å². The Hall–Kier alpha value is -2.28. The first-order valence-corrected chi connectivity index (χ1v) is 11.2. The molecule has 0 spiro atoms. The van der Waals surface area contributed by atoms with Gasteiger partial charge in [0.05, 0.1) is 6.04 Å². The second-order valence-corrected chi connectivity index (χ2v) is 8.73. The molecule has 0 radical (unpaired) electrons. The summed E-state index contributed by atoms with van der Waals surface area (Å²) in [6.07, 6.45) is 10.8. The molecule has 3 atom stereocenters. The molecule has 1 aliphatic carbocycles. The molecule has 1 saturated carbocycles. The minimum atomic E-state index is -0.611. The summed E-state index contributed by atoms with van der Waals surface area (Å²) in [5.41, 5.74) is 6.54. The van der Waals surface area contributed by atoms with Crippen molar-refractivity contribution >= 4 is 17.6 Å². The molecule has 30 heavy (non-hydrogen) atoms. The maximum atomic E-state index is 13.2. The van der Waals surface area contributed by atoms with Crippen LogP contribution in [0.4, 0.5) is 0 Å². The van der Waals surface area contributed by atoms with Crippen LogP contribution in [0.15, 0.2) is 24.5 Å². The van der Waals surface area contributed by atoms with E-state index >= 15 is 0 Å². The highest BCUT2D eigenvalue weighted by atomic mass is 16.2. The Balaban J connectivity index is 1.70. The number of rotatable bonds is 8. The largest absolute Gasteiger partial charge is 0.344 e. The molecule has 1 saturated heterocycles. The predicted molar refractivity (Wildman–Crippen MR) is 114 cm³/mol. The molecule has 7 nitrogen and oxygen atoms in total. The van der Waals surface area contributed by atoms with Crippen molar-refractivity contribution in [3.63, 3.8) is 0 Å². The Morgan fingerprint density at radius 3 is 2.50 bits per heavy atom. The number of nitrogens with one attached hydrogen (secondary N) is 1. The van der Waals surface area contributed by atoms with Crippen LogP contribution in [0, 0.1) is 11.8 Å². The first-order chi connectivity index (χ1) is 14.5. The van der Waals surface area contributed by atoms with Gasteiger partial charge < -0.3 is 16.0 Å². The lowest BCUT2D eigenvalue weighted by molar-refractivity contribution is -0.139. The van der Waals surface area contributed by atoms with Crippen molar-refractivity contribution in [3.8, 4) is 0 Å². The van der Waals surface area contributed by atoms with Gasteiger partial charge in [0.15, 0.2) is 5.78 Å². The number of ketones is 1. The van der Waals surface area contributed by atoms with Crippen molar-refractivity contribution in [2.24, 2.45) is 17.6 Å². The average Bonchev–Trinajstić information content (AvgIpc) is 3.20. The number of pyridine rings is 1. The number of carbonyl (C=O) groups excluding carboxylic acids is 3. The molecule has 164 valence electrons. The minimum Gasteiger partial charge on any atom is -0.344 e. The smallest absolute Gasteiger partial charge is 0.243 e. The molecule has 2 aliphatic rings. The van der Waals surface area contributed by atoms with Crippen molar-refractivity contribution in [1.29, 1.82) is 0 Å². The number of amides is 2. The molecule has 1 aliphatic heterocycles. The van der Waals surface area contributed by atoms with Crippen molar-refractivity contribution < 1.29 is 14.4 Å². The number of carbonyl (C=O) groups is 3. The van der Waals surface area contributed by atoms with Gasteiger partial charge in [0.1, 0.15) is 6.04 Å². The number of hydrogen-bond acceptors (Lipinski definition) is 5. The summed E-state index contributed by atoms with van der Waals surface area (Å²) in [5, 5.41) is 2.92. The molecule has 1 aromatic rings. The molecule has 3 rings (SSSR count). The van der Waals surface area contributed by atoms with E-state index in [9.17, 15) is 14.4 Å². The van der Waals surface area contributed by atoms with Gasteiger partial charge in [-0.15, -0.1) is 0 Å². The predicted octanol–water partition coefficient (Wildman–Crippen LogP) is 1.84. The van der Waals surface area contributed by atoms with Crippen molar-refractivity contribution in [2.75, 3.05) is 13.1 Å². The Labute approximate surface area is 178 Å². The van der Waals surface area contributed by atoms with E-state index in [0.29, 0.717) is 31.2 Å². The zero-order valence-electron chi connectivity index (χ0n) is 17.9. The van der Waals surface area contributed by atoms with Crippen molar-refractivity contribution in [3.05, 3.63) is 30.1 Å². The second kappa shape index (κ2) is 10.7. The maximum absolute atomic E-state index is 13.2. The summed E-state index contributed by atoms with van der Waals surface area (Å²) in [7, 11) is 0. The molecular weight excluding hydrogens is 380 g/mol. The molecule has 2 heterocycles. The van der Waals surface area contributed by atoms with E-state index in [4.69, 9.17) is 5.73 Å². The maximum Gasteiger partial charge on any atom is 0.243 e. The van der Waals surface area contributed by atoms with Gasteiger partial charge in [-0.05, 0) is 49.3 Å². The molecule has 2 fully saturated rings. The lowest BCUT2D eigenvalue weighted by Crippen LogP contribution is -2.51. The van der Waals surface area contributed by atoms with Crippen LogP contribution < -0.4 is 11.1 Å². The highest BCUT2D eigenvalue weighted by Gasteiger charge is 2.42. The zero-order valence-corrected chi connectivity index (χ0v) is 17.9. The fraction of sp³-hybridized carbons (Fsp3) is 0.652. The molecule has 1 aromatic heterocycles. The Bertz CT molecular complexity index is 733. The van der Waals surface area contributed by atoms with Crippen LogP contribution in [-0.2, 0) is 20.8 Å². The van der Waals surface area contributed by atoms with E-state index in [2.05, 4.69) is 10.3 Å². The van der Waals surface area contributed by atoms with Crippen LogP contribution in [0.3, 0.4) is 0 Å². The van der Waals surface area contributed by atoms with E-state index in [1.54, 1.807) is 17.3 Å². The number of aromatic nitrogens is 1. The first kappa shape index (κ1) is 22.4. The van der Waals surface area contributed by atoms with Gasteiger partial charge in [0.25, 0.3) is 0 Å². The summed E-state index contributed by atoms with van der Waals surface area (Å²) in [5.74, 6) is 0.531. The van der Waals surface area contributed by atoms with Crippen LogP contribution in [0.25, 0.3) is 0 Å². The Kier molecular flexibility index (Phi) is 7.96. The molecule has 2 amide bonds. The van der Waals surface area contributed by atoms with Crippen LogP contribution >= 0.6 is 0 Å². The van der Waals surface area contributed by atoms with E-state index in [1.165, 1.54) is 39.0 Å². The minimum absolute atomic E-state index is 0.0653. The topological polar surface area (TPSA) is 105 Å². The molecule has 3 N–H and O–H groups in total. The SMILES string of the molecule is CC(=O)[C@H](Cc1ccncc1)NC(=O)[C@@H]1CC(C2CCCCC2)CN1C(=O)CCN. The molecule has 7 heteroatoms. The highest BCUT2D eigenvalue weighted by Crippen LogP contribution is 2.37. The van der Waals surface area contributed by atoms with Crippen molar-refractivity contribution in [2.45, 2.75) is 70.4 Å². The van der Waals surface area contributed by atoms with E-state index < -0.39 is 12.1 Å². The zero-order chi connectivity index (χ0) is 21.5. The third-order valence-electron chi connectivity index (χ3n) is 6.63. The number of hydrogen-bond donors (Lipinski definition) is 2. The summed E-state index contributed by atoms with van der Waals surface area (Å²) in [6.45, 7) is 2.38. The van der Waals surface area contributed by atoms with Gasteiger partial charge in [0, 0.05) is 31.9 Å². The molecule has 1 unspecified atom stereocenters. The van der Waals surface area contributed by atoms with E-state index in [-0.39, 0.29) is 30.6 Å². The monoisotopic (exact) mass is 414 g/mol. The standard InChI is InChI=1S/C23H34N4O3/c1-16(28)20(13-17-8-11-25-12-9-17)26-23(30)21-14-19(18-5-3-2-4-6-18)15-27(21)22(29)7-10-24/h8-9,11-12,18-21H,2-7,10,13-15,24H2,1H3,(H,26,30)/t19?,20-,21-/m0/s1. The van der Waals surface area contributed by atoms with Crippen LogP contribution in [0.1, 0.15) is 57.4 Å². The third-order valence-corrected chi connectivity index (χ3v) is 6.63. The van der Waals surface area contributed by atoms with Gasteiger partial charge >= 0.3 is 0 Å². The third kappa shape index (κ3) is 5.65. The lowest BCUT2D eigenvalue weighted by Gasteiger charge is -2.27. The van der Waals surface area contributed by atoms with E-state index in [0.717, 1.165) is 5.56 Å². The van der Waals surface area contributed by atoms with Gasteiger partial charge in [-0.25, -0.2) is 0 Å². The van der Waals surface area contributed by atoms with Gasteiger partial charge in [-0.3, -0.25) is 19.4 Å². The number of Topliss-reactive ketones (excluding diaryl/α,β-unsaturated/α-hetero) is 1. The van der Waals surface area contributed by atoms with Crippen molar-refractivity contribution in [1.82, 2.24) is 15.2 Å². The number of nitrogens with zero attached hydrogens (tertiary/aromatic N) is 2. The summed E-state index contributed by atoms with van der Waals surface area (Å²) in [4.78, 5) is 43.8. The Morgan fingerprint density at radius 2 is 1.87 bits per heavy atom. The lowest BCUT2D eigenvalue weighted by atomic mass is 9.79. The second-order valence-electron chi connectivity index (χ2n) is 8.73. The highest BCUT2D eigenvalue weighted by molar-refractivity contribution is 5.92. The normalized spacial score (nSPS) is 23.2. The van der Waals surface area contributed by atoms with Crippen LogP contribution in [0.2, 0.25) is 0 Å². The quantitative estimate of drug-likeness (QED) is 0.675. The molecular formula is C23H34N4O3. The van der Waals surface area contributed by atoms with Crippen LogP contribution in [-0.4, -0.2) is 52.7 Å². The summed E-state index contributed by atoms with van der Waals surface area (Å²) in [6, 6.07) is 2.55. The van der Waals surface area contributed by atoms with Gasteiger partial charge in [0.2, 0.25) is 11.8 Å². The fourth-order valence-electron chi connectivity index (χ4n) is 4.93. The molecule has 0 bridgehead atoms. The number of nitrogens with two attached hydrogens (primary N) is 1. The first-order valence-electron chi connectivity index (χ1n) is 11.2. The fourth-order valence-corrected chi connectivity index (χ4v) is 4.93. The number of likely N-dealkylation sites (tertiary alicyclic amines) is 1. The van der Waals surface area contributed by atoms with E-state index in [1.807, 2.05) is 12.1 Å². The van der Waals surface area contributed by atoms with Crippen LogP contribution in [0.5, 0.6) is 0 Å². The average molecular weight is 415 g/mol.